The first-order chi connectivity index (χ1) is 8.72. The van der Waals surface area contributed by atoms with Crippen LogP contribution in [0.15, 0.2) is 0 Å². The minimum Gasteiger partial charge on any atom is -0.394 e. The van der Waals surface area contributed by atoms with Crippen molar-refractivity contribution in [3.05, 3.63) is 0 Å². The zero-order chi connectivity index (χ0) is 14.5. The number of carbonyl (C=O) groups is 1. The van der Waals surface area contributed by atoms with Gasteiger partial charge in [-0.15, -0.1) is 0 Å². The van der Waals surface area contributed by atoms with Crippen molar-refractivity contribution in [2.45, 2.75) is 25.1 Å². The van der Waals surface area contributed by atoms with E-state index in [0.29, 0.717) is 6.54 Å². The van der Waals surface area contributed by atoms with Crippen LogP contribution in [0.2, 0.25) is 0 Å². The number of fused-ring (bicyclic) bond motifs is 3. The van der Waals surface area contributed by atoms with Gasteiger partial charge in [-0.05, 0) is 6.42 Å². The third kappa shape index (κ3) is 1.90. The van der Waals surface area contributed by atoms with Crippen molar-refractivity contribution in [1.82, 2.24) is 4.90 Å². The quantitative estimate of drug-likeness (QED) is 0.833. The van der Waals surface area contributed by atoms with Gasteiger partial charge in [-0.1, -0.05) is 6.92 Å². The molecule has 1 N–H and O–H groups in total. The summed E-state index contributed by atoms with van der Waals surface area (Å²) in [5.74, 6) is -2.22. The lowest BCUT2D eigenvalue weighted by molar-refractivity contribution is -0.249. The second kappa shape index (κ2) is 4.43. The molecule has 0 saturated carbocycles. The average molecular weight is 281 g/mol. The first kappa shape index (κ1) is 14.7. The molecule has 19 heavy (non-hydrogen) atoms. The molecular weight excluding hydrogens is 263 g/mol. The molecule has 3 fully saturated rings. The highest BCUT2D eigenvalue weighted by Gasteiger charge is 2.67. The number of hydrogen-bond acceptors (Lipinski definition) is 4. The molecule has 7 heteroatoms. The van der Waals surface area contributed by atoms with Crippen LogP contribution in [0.25, 0.3) is 0 Å². The maximum absolute atomic E-state index is 13.1. The molecule has 3 rings (SSSR count). The molecular formula is C12H18F3NO3. The van der Waals surface area contributed by atoms with E-state index in [2.05, 4.69) is 0 Å². The number of halogens is 3. The van der Waals surface area contributed by atoms with Gasteiger partial charge in [0.15, 0.2) is 5.78 Å². The van der Waals surface area contributed by atoms with Gasteiger partial charge < -0.3 is 9.84 Å². The predicted molar refractivity (Wildman–Crippen MR) is 60.5 cm³/mol. The van der Waals surface area contributed by atoms with Crippen molar-refractivity contribution in [3.63, 3.8) is 0 Å². The Kier molecular flexibility index (Phi) is 3.43. The van der Waals surface area contributed by atoms with Gasteiger partial charge in [-0.25, -0.2) is 0 Å². The molecule has 3 aliphatic rings. The lowest BCUT2D eigenvalue weighted by atomic mass is 9.58. The number of rotatable bonds is 3. The topological polar surface area (TPSA) is 49.8 Å². The number of nitrogens with zero attached hydrogens (tertiary/aromatic N) is 1. The Morgan fingerprint density at radius 1 is 1.53 bits per heavy atom. The number of aliphatic hydroxyl groups excluding tert-OH is 1. The number of aliphatic hydroxyl groups is 1. The summed E-state index contributed by atoms with van der Waals surface area (Å²) >= 11 is 0. The standard InChI is InChI=1S/C12H18F3NO3/c1-10-3-4-16(5-8(10)12(13,14)15)11(6-17,7-19-2)9(10)18/h8,17H,3-7H2,1-2H3/t8-,10-,11-/m1/s1. The summed E-state index contributed by atoms with van der Waals surface area (Å²) in [6.07, 6.45) is -4.24. The first-order valence-electron chi connectivity index (χ1n) is 6.19. The first-order valence-corrected chi connectivity index (χ1v) is 6.19. The van der Waals surface area contributed by atoms with Crippen molar-refractivity contribution >= 4 is 5.78 Å². The number of hydrogen-bond donors (Lipinski definition) is 1. The highest BCUT2D eigenvalue weighted by Crippen LogP contribution is 2.53. The van der Waals surface area contributed by atoms with Gasteiger partial charge in [0.05, 0.1) is 19.1 Å². The van der Waals surface area contributed by atoms with E-state index in [1.807, 2.05) is 0 Å². The molecule has 110 valence electrons. The largest absolute Gasteiger partial charge is 0.394 e. The Morgan fingerprint density at radius 2 is 2.16 bits per heavy atom. The van der Waals surface area contributed by atoms with Gasteiger partial charge in [0.1, 0.15) is 5.54 Å². The van der Waals surface area contributed by atoms with E-state index in [4.69, 9.17) is 4.74 Å². The second-order valence-electron chi connectivity index (χ2n) is 5.66. The van der Waals surface area contributed by atoms with Crippen LogP contribution in [0.4, 0.5) is 13.2 Å². The lowest BCUT2D eigenvalue weighted by Gasteiger charge is -2.59. The number of ketones is 1. The molecule has 1 unspecified atom stereocenters. The van der Waals surface area contributed by atoms with Crippen LogP contribution in [-0.2, 0) is 9.53 Å². The Hall–Kier alpha value is -0.660. The number of ether oxygens (including phenoxy) is 1. The normalized spacial score (nSPS) is 42.7. The summed E-state index contributed by atoms with van der Waals surface area (Å²) in [5, 5.41) is 9.54. The van der Waals surface area contributed by atoms with Gasteiger partial charge in [0.2, 0.25) is 0 Å². The van der Waals surface area contributed by atoms with Crippen LogP contribution in [0, 0.1) is 11.3 Å². The van der Waals surface area contributed by atoms with Gasteiger partial charge >= 0.3 is 6.18 Å². The van der Waals surface area contributed by atoms with Crippen LogP contribution in [0.5, 0.6) is 0 Å². The van der Waals surface area contributed by atoms with E-state index in [1.54, 1.807) is 0 Å². The number of alkyl halides is 3. The van der Waals surface area contributed by atoms with Gasteiger partial charge in [-0.2, -0.15) is 13.2 Å². The molecule has 3 aliphatic heterocycles. The third-order valence-corrected chi connectivity index (χ3v) is 4.66. The van der Waals surface area contributed by atoms with E-state index in [1.165, 1.54) is 18.9 Å². The van der Waals surface area contributed by atoms with E-state index in [9.17, 15) is 23.1 Å². The maximum Gasteiger partial charge on any atom is 0.393 e. The Balaban J connectivity index is 2.42. The average Bonchev–Trinajstić information content (AvgIpc) is 2.33. The monoisotopic (exact) mass is 281 g/mol. The summed E-state index contributed by atoms with van der Waals surface area (Å²) < 4.78 is 44.2. The summed E-state index contributed by atoms with van der Waals surface area (Å²) in [6, 6.07) is 0. The molecule has 4 atom stereocenters. The highest BCUT2D eigenvalue weighted by molar-refractivity contribution is 5.95. The van der Waals surface area contributed by atoms with E-state index >= 15 is 0 Å². The summed E-state index contributed by atoms with van der Waals surface area (Å²) in [6.45, 7) is 0.890. The summed E-state index contributed by atoms with van der Waals surface area (Å²) in [4.78, 5) is 14.0. The van der Waals surface area contributed by atoms with Crippen molar-refractivity contribution < 1.29 is 27.8 Å². The highest BCUT2D eigenvalue weighted by atomic mass is 19.4. The van der Waals surface area contributed by atoms with Crippen molar-refractivity contribution in [2.75, 3.05) is 33.4 Å². The van der Waals surface area contributed by atoms with Crippen LogP contribution in [-0.4, -0.2) is 60.9 Å². The lowest BCUT2D eigenvalue weighted by Crippen LogP contribution is -2.76. The molecule has 0 aromatic rings. The van der Waals surface area contributed by atoms with Crippen LogP contribution in [0.1, 0.15) is 13.3 Å². The number of Topliss-reactive ketones (excluding diaryl/α,β-unsaturated/α-hetero) is 1. The minimum absolute atomic E-state index is 0.0809. The van der Waals surface area contributed by atoms with Gasteiger partial charge in [-0.3, -0.25) is 9.69 Å². The Morgan fingerprint density at radius 3 is 2.63 bits per heavy atom. The summed E-state index contributed by atoms with van der Waals surface area (Å²) in [5.41, 5.74) is -2.78. The van der Waals surface area contributed by atoms with E-state index < -0.39 is 35.4 Å². The van der Waals surface area contributed by atoms with Crippen molar-refractivity contribution in [2.24, 2.45) is 11.3 Å². The van der Waals surface area contributed by atoms with Crippen molar-refractivity contribution in [1.29, 1.82) is 0 Å². The zero-order valence-corrected chi connectivity index (χ0v) is 11.0. The van der Waals surface area contributed by atoms with Gasteiger partial charge in [0.25, 0.3) is 0 Å². The molecule has 0 aromatic carbocycles. The maximum atomic E-state index is 13.1. The molecule has 0 aliphatic carbocycles. The molecule has 3 heterocycles. The molecule has 4 nitrogen and oxygen atoms in total. The molecule has 3 saturated heterocycles. The molecule has 0 aromatic heterocycles. The smallest absolute Gasteiger partial charge is 0.393 e. The molecule has 2 bridgehead atoms. The third-order valence-electron chi connectivity index (χ3n) is 4.66. The number of methoxy groups -OCH3 is 1. The second-order valence-corrected chi connectivity index (χ2v) is 5.66. The van der Waals surface area contributed by atoms with Crippen LogP contribution < -0.4 is 0 Å². The van der Waals surface area contributed by atoms with E-state index in [-0.39, 0.29) is 19.6 Å². The van der Waals surface area contributed by atoms with Gasteiger partial charge in [0, 0.05) is 25.6 Å². The molecule has 0 spiro atoms. The Bertz CT molecular complexity index is 387. The number of piperidine rings is 3. The number of carbonyl (C=O) groups excluding carboxylic acids is 1. The Labute approximate surface area is 109 Å². The fourth-order valence-corrected chi connectivity index (χ4v) is 3.47. The zero-order valence-electron chi connectivity index (χ0n) is 11.0. The van der Waals surface area contributed by atoms with Crippen molar-refractivity contribution in [3.8, 4) is 0 Å². The predicted octanol–water partition coefficient (Wildman–Crippen LogP) is 0.837. The van der Waals surface area contributed by atoms with Crippen LogP contribution in [0.3, 0.4) is 0 Å². The molecule has 0 amide bonds. The fourth-order valence-electron chi connectivity index (χ4n) is 3.47. The fraction of sp³-hybridized carbons (Fsp3) is 0.917. The summed E-state index contributed by atoms with van der Waals surface area (Å²) in [7, 11) is 1.37. The minimum atomic E-state index is -4.40. The molecule has 0 radical (unpaired) electrons. The van der Waals surface area contributed by atoms with Crippen LogP contribution >= 0.6 is 0 Å². The van der Waals surface area contributed by atoms with E-state index in [0.717, 1.165) is 0 Å². The SMILES string of the molecule is COC[C@]1(CO)C(=O)[C@]2(C)CCN1C[C@H]2C(F)(F)F.